The van der Waals surface area contributed by atoms with E-state index in [0.29, 0.717) is 16.4 Å². The van der Waals surface area contributed by atoms with E-state index >= 15 is 0 Å². The number of carbonyl (C=O) groups excluding carboxylic acids is 2. The van der Waals surface area contributed by atoms with Crippen molar-refractivity contribution in [2.45, 2.75) is 13.8 Å². The van der Waals surface area contributed by atoms with Gasteiger partial charge in [0.25, 0.3) is 0 Å². The number of benzene rings is 1. The minimum atomic E-state index is -0.704. The lowest BCUT2D eigenvalue weighted by Crippen LogP contribution is -2.40. The predicted molar refractivity (Wildman–Crippen MR) is 87.9 cm³/mol. The molecule has 0 aliphatic heterocycles. The summed E-state index contributed by atoms with van der Waals surface area (Å²) >= 11 is 5.57. The predicted octanol–water partition coefficient (Wildman–Crippen LogP) is 3.30. The molecule has 0 atom stereocenters. The third kappa shape index (κ3) is 5.37. The van der Waals surface area contributed by atoms with Crippen LogP contribution in [0.1, 0.15) is 13.8 Å². The molecule has 0 heterocycles. The number of esters is 1. The summed E-state index contributed by atoms with van der Waals surface area (Å²) in [6.07, 6.45) is 1.18. The molecular formula is C15H18ClN3O4. The Morgan fingerprint density at radius 2 is 1.96 bits per heavy atom. The molecule has 0 saturated heterocycles. The number of hydrogen-bond acceptors (Lipinski definition) is 5. The van der Waals surface area contributed by atoms with Crippen molar-refractivity contribution in [2.75, 3.05) is 23.9 Å². The van der Waals surface area contributed by atoms with Crippen LogP contribution in [0.5, 0.6) is 0 Å². The van der Waals surface area contributed by atoms with E-state index in [-0.39, 0.29) is 19.0 Å². The number of alkyl halides is 1. The van der Waals surface area contributed by atoms with Crippen molar-refractivity contribution in [1.82, 2.24) is 5.01 Å². The van der Waals surface area contributed by atoms with Crippen LogP contribution in [0, 0.1) is 4.91 Å². The Kier molecular flexibility index (Phi) is 7.76. The number of amides is 2. The van der Waals surface area contributed by atoms with E-state index in [1.165, 1.54) is 11.0 Å². The fourth-order valence-corrected chi connectivity index (χ4v) is 1.99. The van der Waals surface area contributed by atoms with E-state index in [0.717, 1.165) is 0 Å². The topological polar surface area (TPSA) is 79.3 Å². The van der Waals surface area contributed by atoms with Gasteiger partial charge in [-0.05, 0) is 26.0 Å². The van der Waals surface area contributed by atoms with Gasteiger partial charge in [0.2, 0.25) is 0 Å². The molecule has 2 amide bonds. The molecule has 0 aromatic heterocycles. The normalized spacial score (nSPS) is 10.8. The zero-order chi connectivity index (χ0) is 17.2. The smallest absolute Gasteiger partial charge is 0.351 e. The Morgan fingerprint density at radius 1 is 1.30 bits per heavy atom. The molecule has 8 heteroatoms. The van der Waals surface area contributed by atoms with Gasteiger partial charge in [0.05, 0.1) is 24.1 Å². The Hall–Kier alpha value is -2.41. The average Bonchev–Trinajstić information content (AvgIpc) is 2.53. The average molecular weight is 340 g/mol. The zero-order valence-corrected chi connectivity index (χ0v) is 13.7. The third-order valence-electron chi connectivity index (χ3n) is 2.79. The summed E-state index contributed by atoms with van der Waals surface area (Å²) in [7, 11) is 0. The van der Waals surface area contributed by atoms with Crippen molar-refractivity contribution >= 4 is 29.3 Å². The van der Waals surface area contributed by atoms with Crippen LogP contribution in [0.2, 0.25) is 0 Å². The summed E-state index contributed by atoms with van der Waals surface area (Å²) in [4.78, 5) is 36.3. The van der Waals surface area contributed by atoms with E-state index in [9.17, 15) is 14.5 Å². The first-order valence-electron chi connectivity index (χ1n) is 6.96. The van der Waals surface area contributed by atoms with Crippen LogP contribution in [0.25, 0.3) is 0 Å². The van der Waals surface area contributed by atoms with Crippen molar-refractivity contribution in [2.24, 2.45) is 5.29 Å². The summed E-state index contributed by atoms with van der Waals surface area (Å²) in [6, 6.07) is 7.88. The zero-order valence-electron chi connectivity index (χ0n) is 12.9. The van der Waals surface area contributed by atoms with Crippen LogP contribution in [0.15, 0.2) is 47.4 Å². The summed E-state index contributed by atoms with van der Waals surface area (Å²) in [5, 5.41) is 3.38. The number of ether oxygens (including phenoxy) is 1. The van der Waals surface area contributed by atoms with Crippen molar-refractivity contribution in [3.8, 4) is 0 Å². The molecule has 0 N–H and O–H groups in total. The number of urea groups is 1. The second-order valence-electron chi connectivity index (χ2n) is 4.39. The standard InChI is InChI=1S/C15H18ClN3O4/c1-3-23-14(20)11-12(2)19(13-7-5-4-6-8-13)15(21)18(17-22)10-9-16/h4-8,11H,3,9-10H2,1-2H3/b12-11+. The highest BCUT2D eigenvalue weighted by Gasteiger charge is 2.25. The molecule has 0 fully saturated rings. The molecule has 0 saturated carbocycles. The number of nitroso groups, excluding NO2 is 1. The molecule has 1 rings (SSSR count). The molecule has 124 valence electrons. The minimum Gasteiger partial charge on any atom is -0.463 e. The Morgan fingerprint density at radius 3 is 2.48 bits per heavy atom. The maximum Gasteiger partial charge on any atom is 0.351 e. The lowest BCUT2D eigenvalue weighted by Gasteiger charge is -2.26. The van der Waals surface area contributed by atoms with Crippen LogP contribution in [0.3, 0.4) is 0 Å². The van der Waals surface area contributed by atoms with Gasteiger partial charge in [-0.15, -0.1) is 16.5 Å². The highest BCUT2D eigenvalue weighted by atomic mass is 35.5. The summed E-state index contributed by atoms with van der Waals surface area (Å²) < 4.78 is 4.84. The van der Waals surface area contributed by atoms with Gasteiger partial charge in [-0.2, -0.15) is 5.01 Å². The van der Waals surface area contributed by atoms with E-state index in [1.807, 2.05) is 0 Å². The molecule has 0 aliphatic rings. The van der Waals surface area contributed by atoms with Crippen molar-refractivity contribution < 1.29 is 14.3 Å². The maximum absolute atomic E-state index is 12.6. The lowest BCUT2D eigenvalue weighted by molar-refractivity contribution is -0.137. The molecule has 0 bridgehead atoms. The first-order valence-corrected chi connectivity index (χ1v) is 7.49. The van der Waals surface area contributed by atoms with E-state index in [1.54, 1.807) is 44.2 Å². The van der Waals surface area contributed by atoms with Gasteiger partial charge in [0.1, 0.15) is 0 Å². The largest absolute Gasteiger partial charge is 0.463 e. The number of carbonyl (C=O) groups is 2. The number of para-hydroxylation sites is 1. The minimum absolute atomic E-state index is 0.0418. The second-order valence-corrected chi connectivity index (χ2v) is 4.76. The van der Waals surface area contributed by atoms with Crippen molar-refractivity contribution in [1.29, 1.82) is 0 Å². The van der Waals surface area contributed by atoms with Gasteiger partial charge in [-0.25, -0.2) is 9.59 Å². The van der Waals surface area contributed by atoms with Gasteiger partial charge in [-0.3, -0.25) is 4.90 Å². The van der Waals surface area contributed by atoms with Crippen LogP contribution in [0.4, 0.5) is 10.5 Å². The fraction of sp³-hybridized carbons (Fsp3) is 0.333. The van der Waals surface area contributed by atoms with E-state index in [2.05, 4.69) is 5.29 Å². The Bertz CT molecular complexity index is 577. The Labute approximate surface area is 139 Å². The van der Waals surface area contributed by atoms with Crippen molar-refractivity contribution in [3.63, 3.8) is 0 Å². The molecule has 23 heavy (non-hydrogen) atoms. The molecule has 1 aromatic carbocycles. The maximum atomic E-state index is 12.6. The molecule has 0 unspecified atom stereocenters. The molecule has 7 nitrogen and oxygen atoms in total. The van der Waals surface area contributed by atoms with Crippen molar-refractivity contribution in [3.05, 3.63) is 47.0 Å². The first kappa shape index (κ1) is 18.6. The number of anilines is 1. The number of halogens is 1. The highest BCUT2D eigenvalue weighted by molar-refractivity contribution is 6.18. The molecular weight excluding hydrogens is 322 g/mol. The SMILES string of the molecule is CCOC(=O)/C=C(\C)N(C(=O)N(CCCl)N=O)c1ccccc1. The Balaban J connectivity index is 3.19. The monoisotopic (exact) mass is 339 g/mol. The summed E-state index contributed by atoms with van der Waals surface area (Å²) in [6.45, 7) is 3.42. The quantitative estimate of drug-likeness (QED) is 0.251. The van der Waals surface area contributed by atoms with Crippen LogP contribution in [-0.2, 0) is 9.53 Å². The lowest BCUT2D eigenvalue weighted by atomic mass is 10.2. The van der Waals surface area contributed by atoms with E-state index < -0.39 is 12.0 Å². The van der Waals surface area contributed by atoms with Gasteiger partial charge in [0, 0.05) is 17.7 Å². The van der Waals surface area contributed by atoms with Crippen LogP contribution < -0.4 is 4.90 Å². The molecule has 0 aliphatic carbocycles. The van der Waals surface area contributed by atoms with Gasteiger partial charge in [0.15, 0.2) is 0 Å². The van der Waals surface area contributed by atoms with Crippen LogP contribution >= 0.6 is 11.6 Å². The summed E-state index contributed by atoms with van der Waals surface area (Å²) in [5.74, 6) is -0.525. The van der Waals surface area contributed by atoms with Gasteiger partial charge < -0.3 is 4.74 Å². The highest BCUT2D eigenvalue weighted by Crippen LogP contribution is 2.21. The fourth-order valence-electron chi connectivity index (χ4n) is 1.83. The summed E-state index contributed by atoms with van der Waals surface area (Å²) in [5.41, 5.74) is 0.779. The molecule has 0 spiro atoms. The van der Waals surface area contributed by atoms with Gasteiger partial charge >= 0.3 is 12.0 Å². The van der Waals surface area contributed by atoms with Crippen LogP contribution in [-0.4, -0.2) is 36.0 Å². The number of allylic oxidation sites excluding steroid dienone is 1. The number of nitrogens with zero attached hydrogens (tertiary/aromatic N) is 3. The first-order chi connectivity index (χ1) is 11.0. The number of hydrogen-bond donors (Lipinski definition) is 0. The third-order valence-corrected chi connectivity index (χ3v) is 2.96. The van der Waals surface area contributed by atoms with E-state index in [4.69, 9.17) is 16.3 Å². The molecule has 0 radical (unpaired) electrons. The van der Waals surface area contributed by atoms with Gasteiger partial charge in [-0.1, -0.05) is 18.2 Å². The number of rotatable bonds is 7. The molecule has 1 aromatic rings. The second kappa shape index (κ2) is 9.58.